The van der Waals surface area contributed by atoms with Gasteiger partial charge in [-0.1, -0.05) is 55.8 Å². The zero-order valence-corrected chi connectivity index (χ0v) is 13.0. The molecule has 2 aromatic rings. The Hall–Kier alpha value is -1.47. The minimum Gasteiger partial charge on any atom is -0.376 e. The van der Waals surface area contributed by atoms with Crippen molar-refractivity contribution in [2.75, 3.05) is 5.32 Å². The Bertz CT molecular complexity index is 646. The van der Waals surface area contributed by atoms with Gasteiger partial charge in [0, 0.05) is 0 Å². The van der Waals surface area contributed by atoms with Crippen molar-refractivity contribution in [3.05, 3.63) is 64.2 Å². The summed E-state index contributed by atoms with van der Waals surface area (Å²) in [6.45, 7) is 6.72. The molecule has 0 heterocycles. The van der Waals surface area contributed by atoms with Gasteiger partial charge in [0.05, 0.1) is 16.8 Å². The second kappa shape index (κ2) is 4.82. The van der Waals surface area contributed by atoms with Crippen molar-refractivity contribution in [1.29, 1.82) is 0 Å². The first-order valence-corrected chi connectivity index (χ1v) is 7.46. The highest BCUT2D eigenvalue weighted by atomic mass is 35.5. The van der Waals surface area contributed by atoms with E-state index in [1.807, 2.05) is 12.1 Å². The third-order valence-corrected chi connectivity index (χ3v) is 4.54. The molecular formula is C18H20ClN. The molecule has 20 heavy (non-hydrogen) atoms. The number of hydrogen-bond acceptors (Lipinski definition) is 1. The Morgan fingerprint density at radius 3 is 2.70 bits per heavy atom. The van der Waals surface area contributed by atoms with Gasteiger partial charge in [-0.3, -0.25) is 0 Å². The smallest absolute Gasteiger partial charge is 0.0637 e. The van der Waals surface area contributed by atoms with Crippen LogP contribution >= 0.6 is 11.6 Å². The van der Waals surface area contributed by atoms with Gasteiger partial charge in [-0.05, 0) is 47.6 Å². The number of rotatable bonds is 2. The molecule has 2 heteroatoms. The summed E-state index contributed by atoms with van der Waals surface area (Å²) in [5, 5.41) is 4.45. The molecule has 1 atom stereocenters. The Morgan fingerprint density at radius 1 is 1.15 bits per heavy atom. The molecule has 0 bridgehead atoms. The van der Waals surface area contributed by atoms with Crippen molar-refractivity contribution < 1.29 is 0 Å². The van der Waals surface area contributed by atoms with Crippen molar-refractivity contribution in [2.24, 2.45) is 5.41 Å². The van der Waals surface area contributed by atoms with E-state index in [0.717, 1.165) is 17.1 Å². The fraction of sp³-hybridized carbons (Fsp3) is 0.333. The lowest BCUT2D eigenvalue weighted by atomic mass is 9.85. The van der Waals surface area contributed by atoms with Crippen LogP contribution in [0.3, 0.4) is 0 Å². The molecule has 1 aliphatic carbocycles. The van der Waals surface area contributed by atoms with Crippen molar-refractivity contribution in [2.45, 2.75) is 33.2 Å². The van der Waals surface area contributed by atoms with E-state index in [0.29, 0.717) is 6.04 Å². The Kier molecular flexibility index (Phi) is 3.25. The van der Waals surface area contributed by atoms with E-state index in [-0.39, 0.29) is 5.41 Å². The number of hydrogen-bond donors (Lipinski definition) is 1. The zero-order valence-electron chi connectivity index (χ0n) is 12.2. The molecule has 0 fully saturated rings. The minimum absolute atomic E-state index is 0.191. The largest absolute Gasteiger partial charge is 0.376 e. The van der Waals surface area contributed by atoms with E-state index < -0.39 is 0 Å². The quantitative estimate of drug-likeness (QED) is 0.781. The van der Waals surface area contributed by atoms with Gasteiger partial charge >= 0.3 is 0 Å². The van der Waals surface area contributed by atoms with Crippen LogP contribution in [-0.2, 0) is 6.42 Å². The van der Waals surface area contributed by atoms with Crippen molar-refractivity contribution in [3.8, 4) is 0 Å². The SMILES string of the molecule is Cc1ccc(Cl)c(NC2c3ccccc3CC2(C)C)c1. The topological polar surface area (TPSA) is 12.0 Å². The van der Waals surface area contributed by atoms with E-state index in [4.69, 9.17) is 11.6 Å². The summed E-state index contributed by atoms with van der Waals surface area (Å²) >= 11 is 6.33. The monoisotopic (exact) mass is 285 g/mol. The van der Waals surface area contributed by atoms with Gasteiger partial charge < -0.3 is 5.32 Å². The molecule has 104 valence electrons. The summed E-state index contributed by atoms with van der Waals surface area (Å²) in [7, 11) is 0. The normalized spacial score (nSPS) is 19.7. The lowest BCUT2D eigenvalue weighted by molar-refractivity contribution is 0.337. The highest BCUT2D eigenvalue weighted by Gasteiger charge is 2.38. The second-order valence-electron chi connectivity index (χ2n) is 6.42. The van der Waals surface area contributed by atoms with Crippen LogP contribution in [0.4, 0.5) is 5.69 Å². The third-order valence-electron chi connectivity index (χ3n) is 4.22. The number of anilines is 1. The average molecular weight is 286 g/mol. The van der Waals surface area contributed by atoms with Crippen molar-refractivity contribution in [3.63, 3.8) is 0 Å². The van der Waals surface area contributed by atoms with Crippen LogP contribution in [0.2, 0.25) is 5.02 Å². The molecule has 2 aromatic carbocycles. The summed E-state index contributed by atoms with van der Waals surface area (Å²) in [5.41, 5.74) is 5.29. The number of benzene rings is 2. The van der Waals surface area contributed by atoms with Crippen LogP contribution in [0.5, 0.6) is 0 Å². The Labute approximate surface area is 126 Å². The van der Waals surface area contributed by atoms with Crippen LogP contribution in [0.1, 0.15) is 36.6 Å². The van der Waals surface area contributed by atoms with Crippen LogP contribution < -0.4 is 5.32 Å². The van der Waals surface area contributed by atoms with Crippen molar-refractivity contribution in [1.82, 2.24) is 0 Å². The van der Waals surface area contributed by atoms with Gasteiger partial charge in [-0.2, -0.15) is 0 Å². The van der Waals surface area contributed by atoms with Crippen LogP contribution in [0.15, 0.2) is 42.5 Å². The predicted molar refractivity (Wildman–Crippen MR) is 86.5 cm³/mol. The molecule has 1 aliphatic rings. The molecule has 3 rings (SSSR count). The number of halogens is 1. The van der Waals surface area contributed by atoms with Gasteiger partial charge in [0.2, 0.25) is 0 Å². The first-order valence-electron chi connectivity index (χ1n) is 7.08. The molecule has 0 aromatic heterocycles. The lowest BCUT2D eigenvalue weighted by Gasteiger charge is -2.30. The summed E-state index contributed by atoms with van der Waals surface area (Å²) in [5.74, 6) is 0. The molecule has 1 unspecified atom stereocenters. The average Bonchev–Trinajstić information content (AvgIpc) is 2.65. The Morgan fingerprint density at radius 2 is 1.90 bits per heavy atom. The van der Waals surface area contributed by atoms with Gasteiger partial charge in [0.1, 0.15) is 0 Å². The molecular weight excluding hydrogens is 266 g/mol. The molecule has 0 saturated carbocycles. The van der Waals surface area contributed by atoms with Crippen LogP contribution in [-0.4, -0.2) is 0 Å². The molecule has 0 aliphatic heterocycles. The molecule has 0 radical (unpaired) electrons. The molecule has 1 N–H and O–H groups in total. The number of aryl methyl sites for hydroxylation is 1. The summed E-state index contributed by atoms with van der Waals surface area (Å²) in [4.78, 5) is 0. The van der Waals surface area contributed by atoms with E-state index in [9.17, 15) is 0 Å². The molecule has 0 saturated heterocycles. The fourth-order valence-corrected chi connectivity index (χ4v) is 3.34. The first-order chi connectivity index (χ1) is 9.47. The lowest BCUT2D eigenvalue weighted by Crippen LogP contribution is -2.24. The summed E-state index contributed by atoms with van der Waals surface area (Å²) < 4.78 is 0. The highest BCUT2D eigenvalue weighted by molar-refractivity contribution is 6.33. The third kappa shape index (κ3) is 2.31. The number of nitrogens with one attached hydrogen (secondary N) is 1. The Balaban J connectivity index is 1.99. The van der Waals surface area contributed by atoms with Gasteiger partial charge in [0.15, 0.2) is 0 Å². The minimum atomic E-state index is 0.191. The molecule has 0 spiro atoms. The van der Waals surface area contributed by atoms with Gasteiger partial charge in [-0.15, -0.1) is 0 Å². The van der Waals surface area contributed by atoms with Crippen LogP contribution in [0, 0.1) is 12.3 Å². The standard InChI is InChI=1S/C18H20ClN/c1-12-8-9-15(19)16(10-12)20-17-14-7-5-4-6-13(14)11-18(17,2)3/h4-10,17,20H,11H2,1-3H3. The maximum Gasteiger partial charge on any atom is 0.0637 e. The van der Waals surface area contributed by atoms with Gasteiger partial charge in [-0.25, -0.2) is 0 Å². The first kappa shape index (κ1) is 13.5. The zero-order chi connectivity index (χ0) is 14.3. The van der Waals surface area contributed by atoms with E-state index in [1.54, 1.807) is 0 Å². The second-order valence-corrected chi connectivity index (χ2v) is 6.83. The maximum atomic E-state index is 6.33. The maximum absolute atomic E-state index is 6.33. The molecule has 1 nitrogen and oxygen atoms in total. The van der Waals surface area contributed by atoms with Crippen molar-refractivity contribution >= 4 is 17.3 Å². The highest BCUT2D eigenvalue weighted by Crippen LogP contribution is 2.47. The van der Waals surface area contributed by atoms with Crippen LogP contribution in [0.25, 0.3) is 0 Å². The summed E-state index contributed by atoms with van der Waals surface area (Å²) in [6.07, 6.45) is 1.10. The van der Waals surface area contributed by atoms with E-state index >= 15 is 0 Å². The fourth-order valence-electron chi connectivity index (χ4n) is 3.17. The molecule has 0 amide bonds. The van der Waals surface area contributed by atoms with Gasteiger partial charge in [0.25, 0.3) is 0 Å². The van der Waals surface area contributed by atoms with E-state index in [1.165, 1.54) is 16.7 Å². The van der Waals surface area contributed by atoms with E-state index in [2.05, 4.69) is 56.4 Å². The summed E-state index contributed by atoms with van der Waals surface area (Å²) in [6, 6.07) is 15.1. The predicted octanol–water partition coefficient (Wildman–Crippen LogP) is 5.38. The number of fused-ring (bicyclic) bond motifs is 1.